The molecule has 0 aromatic heterocycles. The quantitative estimate of drug-likeness (QED) is 0.874. The van der Waals surface area contributed by atoms with Gasteiger partial charge in [0, 0.05) is 5.69 Å². The summed E-state index contributed by atoms with van der Waals surface area (Å²) in [6.07, 6.45) is 1.91. The Morgan fingerprint density at radius 3 is 2.50 bits per heavy atom. The normalized spacial score (nSPS) is 17.9. The highest BCUT2D eigenvalue weighted by Gasteiger charge is 2.23. The predicted molar refractivity (Wildman–Crippen MR) is 81.4 cm³/mol. The van der Waals surface area contributed by atoms with E-state index in [0.717, 1.165) is 16.8 Å². The first-order chi connectivity index (χ1) is 9.74. The number of para-hydroxylation sites is 1. The van der Waals surface area contributed by atoms with Crippen molar-refractivity contribution in [3.8, 4) is 0 Å². The van der Waals surface area contributed by atoms with Gasteiger partial charge in [-0.1, -0.05) is 48.5 Å². The maximum Gasteiger partial charge on any atom is 0.255 e. The molecule has 0 unspecified atom stereocenters. The fourth-order valence-electron chi connectivity index (χ4n) is 2.33. The van der Waals surface area contributed by atoms with Gasteiger partial charge in [0.15, 0.2) is 0 Å². The summed E-state index contributed by atoms with van der Waals surface area (Å²) in [7, 11) is 0. The molecule has 1 aliphatic heterocycles. The molecule has 2 aromatic carbocycles. The zero-order valence-electron chi connectivity index (χ0n) is 11.3. The Hall–Kier alpha value is -2.55. The van der Waals surface area contributed by atoms with Crippen molar-refractivity contribution in [2.24, 2.45) is 0 Å². The SMILES string of the molecule is C/C(=C\c1ccccc1)[C@H]1NC(=O)c2ccccc2N1. The molecule has 20 heavy (non-hydrogen) atoms. The molecule has 0 bridgehead atoms. The molecule has 3 rings (SSSR count). The van der Waals surface area contributed by atoms with Gasteiger partial charge < -0.3 is 10.6 Å². The van der Waals surface area contributed by atoms with Crippen LogP contribution in [0.15, 0.2) is 60.2 Å². The lowest BCUT2D eigenvalue weighted by atomic mass is 10.0. The molecule has 100 valence electrons. The van der Waals surface area contributed by atoms with Gasteiger partial charge in [0.2, 0.25) is 0 Å². The van der Waals surface area contributed by atoms with E-state index in [-0.39, 0.29) is 12.1 Å². The third-order valence-electron chi connectivity index (χ3n) is 3.40. The van der Waals surface area contributed by atoms with Crippen molar-refractivity contribution in [3.63, 3.8) is 0 Å². The summed E-state index contributed by atoms with van der Waals surface area (Å²) in [4.78, 5) is 12.1. The number of carbonyl (C=O) groups is 1. The lowest BCUT2D eigenvalue weighted by Gasteiger charge is -2.28. The molecule has 0 radical (unpaired) electrons. The topological polar surface area (TPSA) is 41.1 Å². The number of hydrogen-bond donors (Lipinski definition) is 2. The van der Waals surface area contributed by atoms with Gasteiger partial charge >= 0.3 is 0 Å². The van der Waals surface area contributed by atoms with Gasteiger partial charge in [0.05, 0.1) is 5.56 Å². The minimum absolute atomic E-state index is 0.0369. The van der Waals surface area contributed by atoms with Gasteiger partial charge in [0.25, 0.3) is 5.91 Å². The minimum atomic E-state index is -0.169. The molecular weight excluding hydrogens is 248 g/mol. The van der Waals surface area contributed by atoms with E-state index in [2.05, 4.69) is 16.7 Å². The molecule has 1 amide bonds. The molecule has 1 atom stereocenters. The fourth-order valence-corrected chi connectivity index (χ4v) is 2.33. The van der Waals surface area contributed by atoms with Crippen molar-refractivity contribution in [3.05, 3.63) is 71.3 Å². The van der Waals surface area contributed by atoms with E-state index in [4.69, 9.17) is 0 Å². The first-order valence-electron chi connectivity index (χ1n) is 6.64. The van der Waals surface area contributed by atoms with E-state index >= 15 is 0 Å². The highest BCUT2D eigenvalue weighted by Crippen LogP contribution is 2.22. The van der Waals surface area contributed by atoms with Crippen LogP contribution in [0.2, 0.25) is 0 Å². The number of fused-ring (bicyclic) bond motifs is 1. The van der Waals surface area contributed by atoms with Crippen molar-refractivity contribution < 1.29 is 4.79 Å². The third kappa shape index (κ3) is 2.43. The van der Waals surface area contributed by atoms with Crippen molar-refractivity contribution in [1.82, 2.24) is 5.32 Å². The largest absolute Gasteiger partial charge is 0.361 e. The first kappa shape index (κ1) is 12.5. The number of hydrogen-bond acceptors (Lipinski definition) is 2. The average Bonchev–Trinajstić information content (AvgIpc) is 2.48. The first-order valence-corrected chi connectivity index (χ1v) is 6.64. The van der Waals surface area contributed by atoms with E-state index < -0.39 is 0 Å². The van der Waals surface area contributed by atoms with Gasteiger partial charge in [-0.05, 0) is 30.2 Å². The van der Waals surface area contributed by atoms with Crippen LogP contribution < -0.4 is 10.6 Å². The van der Waals surface area contributed by atoms with Gasteiger partial charge in [-0.15, -0.1) is 0 Å². The molecule has 3 heteroatoms. The number of rotatable bonds is 2. The zero-order chi connectivity index (χ0) is 13.9. The molecule has 3 nitrogen and oxygen atoms in total. The second-order valence-electron chi connectivity index (χ2n) is 4.90. The monoisotopic (exact) mass is 264 g/mol. The van der Waals surface area contributed by atoms with Crippen LogP contribution in [0.4, 0.5) is 5.69 Å². The average molecular weight is 264 g/mol. The molecule has 0 fully saturated rings. The summed E-state index contributed by atoms with van der Waals surface area (Å²) in [5.41, 5.74) is 3.76. The highest BCUT2D eigenvalue weighted by molar-refractivity contribution is 6.02. The minimum Gasteiger partial charge on any atom is -0.361 e. The molecule has 0 aliphatic carbocycles. The summed E-state index contributed by atoms with van der Waals surface area (Å²) in [5, 5.41) is 6.32. The lowest BCUT2D eigenvalue weighted by Crippen LogP contribution is -2.45. The summed E-state index contributed by atoms with van der Waals surface area (Å²) in [5.74, 6) is -0.0369. The van der Waals surface area contributed by atoms with E-state index in [9.17, 15) is 4.79 Å². The van der Waals surface area contributed by atoms with E-state index in [1.165, 1.54) is 0 Å². The second kappa shape index (κ2) is 5.21. The van der Waals surface area contributed by atoms with Crippen LogP contribution in [-0.2, 0) is 0 Å². The molecule has 0 spiro atoms. The molecule has 1 aliphatic rings. The summed E-state index contributed by atoms with van der Waals surface area (Å²) in [6.45, 7) is 2.01. The van der Waals surface area contributed by atoms with Gasteiger partial charge in [-0.25, -0.2) is 0 Å². The van der Waals surface area contributed by atoms with Crippen LogP contribution in [-0.4, -0.2) is 12.1 Å². The van der Waals surface area contributed by atoms with Crippen LogP contribution in [0, 0.1) is 0 Å². The molecule has 2 N–H and O–H groups in total. The summed E-state index contributed by atoms with van der Waals surface area (Å²) >= 11 is 0. The van der Waals surface area contributed by atoms with Crippen molar-refractivity contribution in [2.75, 3.05) is 5.32 Å². The molecule has 0 saturated carbocycles. The molecule has 1 heterocycles. The number of nitrogens with one attached hydrogen (secondary N) is 2. The molecule has 2 aromatic rings. The lowest BCUT2D eigenvalue weighted by molar-refractivity contribution is 0.0941. The Labute approximate surface area is 118 Å². The third-order valence-corrected chi connectivity index (χ3v) is 3.40. The standard InChI is InChI=1S/C17H16N2O/c1-12(11-13-7-3-2-4-8-13)16-18-15-10-6-5-9-14(15)17(20)19-16/h2-11,16,18H,1H3,(H,19,20)/b12-11+/t16-/m1/s1. The van der Waals surface area contributed by atoms with Crippen LogP contribution in [0.25, 0.3) is 6.08 Å². The highest BCUT2D eigenvalue weighted by atomic mass is 16.2. The van der Waals surface area contributed by atoms with Crippen LogP contribution in [0.3, 0.4) is 0 Å². The van der Waals surface area contributed by atoms with Crippen LogP contribution in [0.1, 0.15) is 22.8 Å². The summed E-state index contributed by atoms with van der Waals surface area (Å²) in [6, 6.07) is 17.6. The van der Waals surface area contributed by atoms with Crippen molar-refractivity contribution in [2.45, 2.75) is 13.1 Å². The van der Waals surface area contributed by atoms with Crippen molar-refractivity contribution in [1.29, 1.82) is 0 Å². The zero-order valence-corrected chi connectivity index (χ0v) is 11.3. The summed E-state index contributed by atoms with van der Waals surface area (Å²) < 4.78 is 0. The maximum absolute atomic E-state index is 12.1. The van der Waals surface area contributed by atoms with E-state index in [0.29, 0.717) is 5.56 Å². The number of benzene rings is 2. The predicted octanol–water partition coefficient (Wildman–Crippen LogP) is 3.27. The smallest absolute Gasteiger partial charge is 0.255 e. The fraction of sp³-hybridized carbons (Fsp3) is 0.118. The molecule has 0 saturated heterocycles. The Bertz CT molecular complexity index is 662. The second-order valence-corrected chi connectivity index (χ2v) is 4.90. The number of amides is 1. The Morgan fingerprint density at radius 2 is 1.70 bits per heavy atom. The maximum atomic E-state index is 12.1. The number of anilines is 1. The van der Waals surface area contributed by atoms with E-state index in [1.807, 2.05) is 61.5 Å². The van der Waals surface area contributed by atoms with Crippen LogP contribution in [0.5, 0.6) is 0 Å². The van der Waals surface area contributed by atoms with Crippen LogP contribution >= 0.6 is 0 Å². The van der Waals surface area contributed by atoms with Gasteiger partial charge in [-0.3, -0.25) is 4.79 Å². The molecular formula is C17H16N2O. The van der Waals surface area contributed by atoms with Crippen molar-refractivity contribution >= 4 is 17.7 Å². The number of carbonyl (C=O) groups excluding carboxylic acids is 1. The van der Waals surface area contributed by atoms with Gasteiger partial charge in [0.1, 0.15) is 6.17 Å². The van der Waals surface area contributed by atoms with E-state index in [1.54, 1.807) is 0 Å². The van der Waals surface area contributed by atoms with Gasteiger partial charge in [-0.2, -0.15) is 0 Å². The Morgan fingerprint density at radius 1 is 1.00 bits per heavy atom. The Balaban J connectivity index is 1.86. The Kier molecular flexibility index (Phi) is 3.25.